The first-order valence-corrected chi connectivity index (χ1v) is 6.84. The van der Waals surface area contributed by atoms with Crippen molar-refractivity contribution in [1.29, 1.82) is 0 Å². The second kappa shape index (κ2) is 4.36. The molecule has 0 radical (unpaired) electrons. The SMILES string of the molecule is O=C(NCC1CCNCC1)C1C2CCCC21. The Hall–Kier alpha value is -0.570. The first-order valence-electron chi connectivity index (χ1n) is 6.84. The second-order valence-corrected chi connectivity index (χ2v) is 5.72. The normalized spacial score (nSPS) is 38.1. The van der Waals surface area contributed by atoms with Gasteiger partial charge in [0.05, 0.1) is 0 Å². The molecule has 90 valence electrons. The number of nitrogens with one attached hydrogen (secondary N) is 2. The predicted octanol–water partition coefficient (Wildman–Crippen LogP) is 1.15. The summed E-state index contributed by atoms with van der Waals surface area (Å²) in [7, 11) is 0. The van der Waals surface area contributed by atoms with E-state index in [1.165, 1.54) is 32.1 Å². The number of rotatable bonds is 3. The average Bonchev–Trinajstić information content (AvgIpc) is 2.81. The van der Waals surface area contributed by atoms with E-state index in [0.29, 0.717) is 17.7 Å². The van der Waals surface area contributed by atoms with Crippen molar-refractivity contribution in [1.82, 2.24) is 10.6 Å². The molecule has 3 aliphatic rings. The van der Waals surface area contributed by atoms with Crippen molar-refractivity contribution in [2.75, 3.05) is 19.6 Å². The highest BCUT2D eigenvalue weighted by Crippen LogP contribution is 2.57. The van der Waals surface area contributed by atoms with Crippen LogP contribution in [0.4, 0.5) is 0 Å². The lowest BCUT2D eigenvalue weighted by Gasteiger charge is -2.22. The summed E-state index contributed by atoms with van der Waals surface area (Å²) in [6.07, 6.45) is 6.40. The first-order chi connectivity index (χ1) is 7.86. The lowest BCUT2D eigenvalue weighted by atomic mass is 9.98. The maximum atomic E-state index is 11.9. The summed E-state index contributed by atoms with van der Waals surface area (Å²) in [4.78, 5) is 11.9. The lowest BCUT2D eigenvalue weighted by molar-refractivity contribution is -0.123. The Kier molecular flexibility index (Phi) is 2.88. The zero-order chi connectivity index (χ0) is 11.0. The Labute approximate surface area is 97.4 Å². The summed E-state index contributed by atoms with van der Waals surface area (Å²) in [6.45, 7) is 3.15. The molecule has 2 N–H and O–H groups in total. The van der Waals surface area contributed by atoms with Crippen LogP contribution in [-0.4, -0.2) is 25.5 Å². The van der Waals surface area contributed by atoms with Crippen molar-refractivity contribution < 1.29 is 4.79 Å². The molecular weight excluding hydrogens is 200 g/mol. The minimum Gasteiger partial charge on any atom is -0.356 e. The smallest absolute Gasteiger partial charge is 0.223 e. The van der Waals surface area contributed by atoms with E-state index in [9.17, 15) is 4.79 Å². The van der Waals surface area contributed by atoms with E-state index in [4.69, 9.17) is 0 Å². The maximum absolute atomic E-state index is 11.9. The molecule has 1 amide bonds. The quantitative estimate of drug-likeness (QED) is 0.752. The summed E-state index contributed by atoms with van der Waals surface area (Å²) < 4.78 is 0. The number of piperidine rings is 1. The highest BCUT2D eigenvalue weighted by Gasteiger charge is 2.56. The highest BCUT2D eigenvalue weighted by atomic mass is 16.2. The van der Waals surface area contributed by atoms with Crippen molar-refractivity contribution in [3.63, 3.8) is 0 Å². The van der Waals surface area contributed by atoms with Gasteiger partial charge in [-0.05, 0) is 56.5 Å². The molecule has 2 atom stereocenters. The van der Waals surface area contributed by atoms with E-state index in [1.807, 2.05) is 0 Å². The van der Waals surface area contributed by atoms with Crippen LogP contribution in [-0.2, 0) is 4.79 Å². The third-order valence-corrected chi connectivity index (χ3v) is 4.73. The van der Waals surface area contributed by atoms with Gasteiger partial charge >= 0.3 is 0 Å². The van der Waals surface area contributed by atoms with E-state index >= 15 is 0 Å². The van der Waals surface area contributed by atoms with E-state index in [2.05, 4.69) is 10.6 Å². The zero-order valence-corrected chi connectivity index (χ0v) is 9.87. The molecule has 0 aromatic rings. The molecule has 0 spiro atoms. The molecule has 2 saturated carbocycles. The van der Waals surface area contributed by atoms with Gasteiger partial charge in [0.1, 0.15) is 0 Å². The topological polar surface area (TPSA) is 41.1 Å². The first kappa shape index (κ1) is 10.6. The van der Waals surface area contributed by atoms with Crippen molar-refractivity contribution in [2.45, 2.75) is 32.1 Å². The number of carbonyl (C=O) groups is 1. The molecule has 1 heterocycles. The fourth-order valence-electron chi connectivity index (χ4n) is 3.66. The Morgan fingerprint density at radius 3 is 2.50 bits per heavy atom. The van der Waals surface area contributed by atoms with Crippen LogP contribution in [0.3, 0.4) is 0 Å². The fourth-order valence-corrected chi connectivity index (χ4v) is 3.66. The van der Waals surface area contributed by atoms with E-state index < -0.39 is 0 Å². The van der Waals surface area contributed by atoms with Gasteiger partial charge in [-0.25, -0.2) is 0 Å². The number of hydrogen-bond acceptors (Lipinski definition) is 2. The largest absolute Gasteiger partial charge is 0.356 e. The van der Waals surface area contributed by atoms with Gasteiger partial charge in [0.2, 0.25) is 5.91 Å². The minimum absolute atomic E-state index is 0.355. The van der Waals surface area contributed by atoms with Crippen LogP contribution in [0.1, 0.15) is 32.1 Å². The number of hydrogen-bond donors (Lipinski definition) is 2. The van der Waals surface area contributed by atoms with Crippen LogP contribution in [0, 0.1) is 23.7 Å². The molecule has 1 saturated heterocycles. The molecule has 16 heavy (non-hydrogen) atoms. The van der Waals surface area contributed by atoms with Gasteiger partial charge in [0.15, 0.2) is 0 Å². The highest BCUT2D eigenvalue weighted by molar-refractivity contribution is 5.82. The third kappa shape index (κ3) is 1.97. The van der Waals surface area contributed by atoms with E-state index in [1.54, 1.807) is 0 Å². The molecule has 3 heteroatoms. The van der Waals surface area contributed by atoms with E-state index in [-0.39, 0.29) is 0 Å². The zero-order valence-electron chi connectivity index (χ0n) is 9.87. The summed E-state index contributed by atoms with van der Waals surface area (Å²) >= 11 is 0. The minimum atomic E-state index is 0.355. The van der Waals surface area contributed by atoms with Crippen LogP contribution in [0.15, 0.2) is 0 Å². The molecule has 1 aliphatic heterocycles. The van der Waals surface area contributed by atoms with Crippen LogP contribution in [0.25, 0.3) is 0 Å². The van der Waals surface area contributed by atoms with Gasteiger partial charge < -0.3 is 10.6 Å². The Morgan fingerprint density at radius 1 is 1.12 bits per heavy atom. The van der Waals surface area contributed by atoms with Crippen molar-refractivity contribution in [3.05, 3.63) is 0 Å². The van der Waals surface area contributed by atoms with E-state index in [0.717, 1.165) is 31.5 Å². The van der Waals surface area contributed by atoms with Gasteiger partial charge in [-0.1, -0.05) is 6.42 Å². The monoisotopic (exact) mass is 222 g/mol. The molecule has 3 fully saturated rings. The number of amides is 1. The lowest BCUT2D eigenvalue weighted by Crippen LogP contribution is -2.37. The van der Waals surface area contributed by atoms with Crippen molar-refractivity contribution in [2.24, 2.45) is 23.7 Å². The molecule has 3 rings (SSSR count). The number of fused-ring (bicyclic) bond motifs is 1. The number of carbonyl (C=O) groups excluding carboxylic acids is 1. The molecule has 0 aromatic heterocycles. The Bertz CT molecular complexity index is 263. The molecule has 2 unspecified atom stereocenters. The predicted molar refractivity (Wildman–Crippen MR) is 62.9 cm³/mol. The van der Waals surface area contributed by atoms with Gasteiger partial charge in [-0.15, -0.1) is 0 Å². The molecule has 0 bridgehead atoms. The van der Waals surface area contributed by atoms with Crippen LogP contribution in [0.5, 0.6) is 0 Å². The van der Waals surface area contributed by atoms with Crippen LogP contribution >= 0.6 is 0 Å². The van der Waals surface area contributed by atoms with Crippen LogP contribution in [0.2, 0.25) is 0 Å². The molecule has 0 aromatic carbocycles. The summed E-state index contributed by atoms with van der Waals surface area (Å²) in [6, 6.07) is 0. The standard InChI is InChI=1S/C13H22N2O/c16-13(12-10-2-1-3-11(10)12)15-8-9-4-6-14-7-5-9/h9-12,14H,1-8H2,(H,15,16). The third-order valence-electron chi connectivity index (χ3n) is 4.73. The second-order valence-electron chi connectivity index (χ2n) is 5.72. The fraction of sp³-hybridized carbons (Fsp3) is 0.923. The Balaban J connectivity index is 1.40. The summed E-state index contributed by atoms with van der Waals surface area (Å²) in [5.41, 5.74) is 0. The van der Waals surface area contributed by atoms with Gasteiger partial charge in [-0.2, -0.15) is 0 Å². The van der Waals surface area contributed by atoms with Gasteiger partial charge in [-0.3, -0.25) is 4.79 Å². The van der Waals surface area contributed by atoms with Crippen molar-refractivity contribution in [3.8, 4) is 0 Å². The average molecular weight is 222 g/mol. The van der Waals surface area contributed by atoms with Crippen molar-refractivity contribution >= 4 is 5.91 Å². The van der Waals surface area contributed by atoms with Gasteiger partial charge in [0, 0.05) is 12.5 Å². The summed E-state index contributed by atoms with van der Waals surface area (Å²) in [5, 5.41) is 6.53. The molecular formula is C13H22N2O. The summed E-state index contributed by atoms with van der Waals surface area (Å²) in [5.74, 6) is 2.98. The molecule has 3 nitrogen and oxygen atoms in total. The van der Waals surface area contributed by atoms with Gasteiger partial charge in [0.25, 0.3) is 0 Å². The maximum Gasteiger partial charge on any atom is 0.223 e. The Morgan fingerprint density at radius 2 is 1.81 bits per heavy atom. The molecule has 2 aliphatic carbocycles. The van der Waals surface area contributed by atoms with Crippen LogP contribution < -0.4 is 10.6 Å².